The van der Waals surface area contributed by atoms with Gasteiger partial charge in [0.1, 0.15) is 5.69 Å². The molecular formula is C17H22N2O3S. The summed E-state index contributed by atoms with van der Waals surface area (Å²) in [4.78, 5) is 17.9. The Kier molecular flexibility index (Phi) is 3.96. The number of rotatable bonds is 3. The average molecular weight is 334 g/mol. The third-order valence-corrected chi connectivity index (χ3v) is 6.43. The molecule has 3 rings (SSSR count). The highest BCUT2D eigenvalue weighted by molar-refractivity contribution is 7.91. The molecule has 1 saturated heterocycles. The fourth-order valence-electron chi connectivity index (χ4n) is 3.40. The van der Waals surface area contributed by atoms with Crippen molar-refractivity contribution in [3.63, 3.8) is 0 Å². The van der Waals surface area contributed by atoms with Gasteiger partial charge in [0.2, 0.25) is 0 Å². The summed E-state index contributed by atoms with van der Waals surface area (Å²) in [5.74, 6) is 0.137. The first-order valence-corrected chi connectivity index (χ1v) is 9.75. The van der Waals surface area contributed by atoms with E-state index in [0.717, 1.165) is 22.0 Å². The second-order valence-electron chi connectivity index (χ2n) is 6.32. The van der Waals surface area contributed by atoms with Gasteiger partial charge in [0, 0.05) is 23.5 Å². The predicted molar refractivity (Wildman–Crippen MR) is 91.5 cm³/mol. The number of aryl methyl sites for hydroxylation is 2. The molecule has 1 unspecified atom stereocenters. The first-order chi connectivity index (χ1) is 10.8. The van der Waals surface area contributed by atoms with E-state index in [-0.39, 0.29) is 23.5 Å². The molecule has 1 atom stereocenters. The first kappa shape index (κ1) is 16.1. The Labute approximate surface area is 136 Å². The zero-order valence-electron chi connectivity index (χ0n) is 13.7. The van der Waals surface area contributed by atoms with E-state index in [1.165, 1.54) is 0 Å². The lowest BCUT2D eigenvalue weighted by Crippen LogP contribution is -2.41. The van der Waals surface area contributed by atoms with Crippen molar-refractivity contribution in [3.05, 3.63) is 35.0 Å². The minimum atomic E-state index is -3.01. The number of carbonyl (C=O) groups is 1. The Morgan fingerprint density at radius 2 is 2.09 bits per heavy atom. The molecule has 0 bridgehead atoms. The first-order valence-electron chi connectivity index (χ1n) is 7.92. The molecule has 0 aliphatic carbocycles. The van der Waals surface area contributed by atoms with Crippen molar-refractivity contribution in [1.29, 1.82) is 0 Å². The van der Waals surface area contributed by atoms with Crippen LogP contribution in [0.25, 0.3) is 10.9 Å². The number of benzene rings is 1. The molecule has 124 valence electrons. The number of hydrogen-bond acceptors (Lipinski definition) is 3. The maximum Gasteiger partial charge on any atom is 0.270 e. The van der Waals surface area contributed by atoms with Crippen LogP contribution in [0.5, 0.6) is 0 Å². The fraction of sp³-hybridized carbons (Fsp3) is 0.471. The highest BCUT2D eigenvalue weighted by atomic mass is 32.2. The summed E-state index contributed by atoms with van der Waals surface area (Å²) in [5.41, 5.74) is 3.56. The van der Waals surface area contributed by atoms with Crippen LogP contribution in [0.2, 0.25) is 0 Å². The molecule has 1 aliphatic rings. The Balaban J connectivity index is 1.97. The smallest absolute Gasteiger partial charge is 0.270 e. The normalized spacial score (nSPS) is 20.0. The second-order valence-corrected chi connectivity index (χ2v) is 8.55. The van der Waals surface area contributed by atoms with Crippen LogP contribution in [0.1, 0.15) is 35.0 Å². The zero-order chi connectivity index (χ0) is 16.8. The van der Waals surface area contributed by atoms with E-state index >= 15 is 0 Å². The molecule has 0 saturated carbocycles. The molecule has 2 aromatic rings. The van der Waals surface area contributed by atoms with Gasteiger partial charge in [-0.2, -0.15) is 0 Å². The van der Waals surface area contributed by atoms with Gasteiger partial charge in [-0.15, -0.1) is 0 Å². The highest BCUT2D eigenvalue weighted by Gasteiger charge is 2.35. The Morgan fingerprint density at radius 1 is 1.35 bits per heavy atom. The molecule has 6 heteroatoms. The maximum atomic E-state index is 12.9. The van der Waals surface area contributed by atoms with E-state index in [0.29, 0.717) is 18.7 Å². The number of nitrogens with one attached hydrogen (secondary N) is 1. The second kappa shape index (κ2) is 5.67. The summed E-state index contributed by atoms with van der Waals surface area (Å²) in [6, 6.07) is 5.85. The lowest BCUT2D eigenvalue weighted by molar-refractivity contribution is 0.0702. The zero-order valence-corrected chi connectivity index (χ0v) is 14.5. The molecule has 2 heterocycles. The summed E-state index contributed by atoms with van der Waals surface area (Å²) in [6.45, 7) is 6.34. The minimum absolute atomic E-state index is 0.0744. The topological polar surface area (TPSA) is 70.2 Å². The largest absolute Gasteiger partial charge is 0.350 e. The van der Waals surface area contributed by atoms with E-state index in [9.17, 15) is 13.2 Å². The van der Waals surface area contributed by atoms with E-state index in [2.05, 4.69) is 4.98 Å². The third-order valence-electron chi connectivity index (χ3n) is 4.68. The highest BCUT2D eigenvalue weighted by Crippen LogP contribution is 2.26. The van der Waals surface area contributed by atoms with Crippen LogP contribution in [0.4, 0.5) is 0 Å². The van der Waals surface area contributed by atoms with Crippen molar-refractivity contribution >= 4 is 26.6 Å². The molecule has 1 aliphatic heterocycles. The molecule has 23 heavy (non-hydrogen) atoms. The number of aromatic amines is 1. The summed E-state index contributed by atoms with van der Waals surface area (Å²) < 4.78 is 23.4. The molecule has 1 amide bonds. The molecule has 1 aromatic heterocycles. The van der Waals surface area contributed by atoms with Crippen LogP contribution in [-0.4, -0.2) is 48.3 Å². The molecular weight excluding hydrogens is 312 g/mol. The number of hydrogen-bond donors (Lipinski definition) is 1. The Bertz CT molecular complexity index is 867. The van der Waals surface area contributed by atoms with Crippen molar-refractivity contribution in [3.8, 4) is 0 Å². The van der Waals surface area contributed by atoms with Crippen LogP contribution < -0.4 is 0 Å². The van der Waals surface area contributed by atoms with Crippen molar-refractivity contribution in [2.24, 2.45) is 0 Å². The van der Waals surface area contributed by atoms with Gasteiger partial charge < -0.3 is 9.88 Å². The van der Waals surface area contributed by atoms with Crippen molar-refractivity contribution < 1.29 is 13.2 Å². The SMILES string of the molecule is CCN(C(=O)c1[nH]c2cc(C)ccc2c1C)C1CCS(=O)(=O)C1. The van der Waals surface area contributed by atoms with E-state index in [4.69, 9.17) is 0 Å². The molecule has 5 nitrogen and oxygen atoms in total. The molecule has 0 radical (unpaired) electrons. The van der Waals surface area contributed by atoms with Gasteiger partial charge in [0.25, 0.3) is 5.91 Å². The lowest BCUT2D eigenvalue weighted by Gasteiger charge is -2.26. The molecule has 0 spiro atoms. The van der Waals surface area contributed by atoms with Crippen LogP contribution in [-0.2, 0) is 9.84 Å². The van der Waals surface area contributed by atoms with E-state index < -0.39 is 9.84 Å². The summed E-state index contributed by atoms with van der Waals surface area (Å²) in [6.07, 6.45) is 0.528. The number of nitrogens with zero attached hydrogens (tertiary/aromatic N) is 1. The minimum Gasteiger partial charge on any atom is -0.350 e. The van der Waals surface area contributed by atoms with Gasteiger partial charge in [0.15, 0.2) is 9.84 Å². The number of sulfone groups is 1. The summed E-state index contributed by atoms with van der Waals surface area (Å²) in [5, 5.41) is 1.04. The molecule has 1 aromatic carbocycles. The number of aromatic nitrogens is 1. The number of H-pyrrole nitrogens is 1. The third kappa shape index (κ3) is 2.87. The van der Waals surface area contributed by atoms with Gasteiger partial charge in [-0.05, 0) is 44.4 Å². The molecule has 1 fully saturated rings. The predicted octanol–water partition coefficient (Wildman–Crippen LogP) is 2.43. The number of fused-ring (bicyclic) bond motifs is 1. The summed E-state index contributed by atoms with van der Waals surface area (Å²) in [7, 11) is -3.01. The lowest BCUT2D eigenvalue weighted by atomic mass is 10.1. The van der Waals surface area contributed by atoms with Crippen LogP contribution in [0, 0.1) is 13.8 Å². The van der Waals surface area contributed by atoms with Crippen molar-refractivity contribution in [1.82, 2.24) is 9.88 Å². The fourth-order valence-corrected chi connectivity index (χ4v) is 5.13. The number of amides is 1. The van der Waals surface area contributed by atoms with Gasteiger partial charge >= 0.3 is 0 Å². The van der Waals surface area contributed by atoms with Crippen molar-refractivity contribution in [2.45, 2.75) is 33.2 Å². The van der Waals surface area contributed by atoms with Crippen LogP contribution in [0.3, 0.4) is 0 Å². The van der Waals surface area contributed by atoms with Crippen LogP contribution >= 0.6 is 0 Å². The quantitative estimate of drug-likeness (QED) is 0.937. The monoisotopic (exact) mass is 334 g/mol. The van der Waals surface area contributed by atoms with Gasteiger partial charge in [-0.25, -0.2) is 8.42 Å². The summed E-state index contributed by atoms with van der Waals surface area (Å²) >= 11 is 0. The maximum absolute atomic E-state index is 12.9. The van der Waals surface area contributed by atoms with E-state index in [1.54, 1.807) is 4.90 Å². The number of carbonyl (C=O) groups excluding carboxylic acids is 1. The van der Waals surface area contributed by atoms with E-state index in [1.807, 2.05) is 39.0 Å². The average Bonchev–Trinajstić information content (AvgIpc) is 3.00. The van der Waals surface area contributed by atoms with Gasteiger partial charge in [-0.3, -0.25) is 4.79 Å². The van der Waals surface area contributed by atoms with Crippen molar-refractivity contribution in [2.75, 3.05) is 18.1 Å². The molecule has 1 N–H and O–H groups in total. The Morgan fingerprint density at radius 3 is 2.70 bits per heavy atom. The standard InChI is InChI=1S/C17H22N2O3S/c1-4-19(13-7-8-23(21,22)10-13)17(20)16-12(3)14-6-5-11(2)9-15(14)18-16/h5-6,9,13,18H,4,7-8,10H2,1-3H3. The van der Waals surface area contributed by atoms with Gasteiger partial charge in [-0.1, -0.05) is 12.1 Å². The van der Waals surface area contributed by atoms with Crippen LogP contribution in [0.15, 0.2) is 18.2 Å². The van der Waals surface area contributed by atoms with Gasteiger partial charge in [0.05, 0.1) is 11.5 Å². The Hall–Kier alpha value is -1.82.